The average Bonchev–Trinajstić information content (AvgIpc) is 2.39. The van der Waals surface area contributed by atoms with Gasteiger partial charge in [0.2, 0.25) is 5.88 Å². The molecule has 1 aromatic rings. The van der Waals surface area contributed by atoms with Crippen LogP contribution in [0.2, 0.25) is 0 Å². The first kappa shape index (κ1) is 13.0. The molecular weight excluding hydrogens is 226 g/mol. The second-order valence-corrected chi connectivity index (χ2v) is 4.87. The number of aromatic nitrogens is 2. The number of hydrogen-bond acceptors (Lipinski definition) is 4. The maximum Gasteiger partial charge on any atom is 0.232 e. The number of allylic oxidation sites excluding steroid dienone is 2. The number of nitrogens with one attached hydrogen (secondary N) is 1. The summed E-state index contributed by atoms with van der Waals surface area (Å²) in [6.45, 7) is 3.72. The van der Waals surface area contributed by atoms with E-state index in [0.717, 1.165) is 25.1 Å². The Morgan fingerprint density at radius 1 is 1.33 bits per heavy atom. The van der Waals surface area contributed by atoms with Gasteiger partial charge in [0.1, 0.15) is 0 Å². The molecule has 18 heavy (non-hydrogen) atoms. The number of hydrogen-bond donors (Lipinski definition) is 1. The summed E-state index contributed by atoms with van der Waals surface area (Å²) in [5.74, 6) is 1.90. The second-order valence-electron chi connectivity index (χ2n) is 4.87. The molecule has 0 saturated carbocycles. The average molecular weight is 247 g/mol. The molecule has 0 amide bonds. The lowest BCUT2D eigenvalue weighted by molar-refractivity contribution is 0.192. The predicted molar refractivity (Wildman–Crippen MR) is 71.3 cm³/mol. The summed E-state index contributed by atoms with van der Waals surface area (Å²) >= 11 is 0. The molecule has 0 bridgehead atoms. The van der Waals surface area contributed by atoms with Gasteiger partial charge in [-0.2, -0.15) is 0 Å². The maximum absolute atomic E-state index is 5.77. The van der Waals surface area contributed by atoms with Crippen molar-refractivity contribution in [2.24, 2.45) is 11.8 Å². The Hall–Kier alpha value is -1.42. The fourth-order valence-corrected chi connectivity index (χ4v) is 2.15. The molecular formula is C14H21N3O. The topological polar surface area (TPSA) is 47.0 Å². The van der Waals surface area contributed by atoms with Gasteiger partial charge in [-0.15, -0.1) is 0 Å². The van der Waals surface area contributed by atoms with Crippen molar-refractivity contribution in [2.45, 2.75) is 26.3 Å². The molecule has 2 rings (SSSR count). The summed E-state index contributed by atoms with van der Waals surface area (Å²) in [6.07, 6.45) is 10.2. The Kier molecular flexibility index (Phi) is 4.70. The van der Waals surface area contributed by atoms with Crippen LogP contribution in [0, 0.1) is 11.8 Å². The molecule has 1 N–H and O–H groups in total. The van der Waals surface area contributed by atoms with Crippen molar-refractivity contribution in [3.05, 3.63) is 30.2 Å². The van der Waals surface area contributed by atoms with Crippen molar-refractivity contribution in [3.8, 4) is 5.88 Å². The molecule has 0 spiro atoms. The third-order valence-electron chi connectivity index (χ3n) is 3.38. The van der Waals surface area contributed by atoms with Crippen molar-refractivity contribution >= 4 is 0 Å². The lowest BCUT2D eigenvalue weighted by Gasteiger charge is -2.24. The molecule has 1 aliphatic carbocycles. The van der Waals surface area contributed by atoms with Gasteiger partial charge in [0.15, 0.2) is 0 Å². The lowest BCUT2D eigenvalue weighted by Crippen LogP contribution is -2.21. The van der Waals surface area contributed by atoms with Gasteiger partial charge in [0.05, 0.1) is 18.5 Å². The summed E-state index contributed by atoms with van der Waals surface area (Å²) in [7, 11) is 1.89. The van der Waals surface area contributed by atoms with Crippen LogP contribution in [0.5, 0.6) is 5.88 Å². The van der Waals surface area contributed by atoms with Crippen LogP contribution in [-0.4, -0.2) is 23.6 Å². The Morgan fingerprint density at radius 3 is 2.94 bits per heavy atom. The van der Waals surface area contributed by atoms with Crippen molar-refractivity contribution in [3.63, 3.8) is 0 Å². The normalized spacial score (nSPS) is 23.0. The SMILES string of the molecule is CNCc1cncc(OCC2CC=CCC2C)n1. The Balaban J connectivity index is 1.89. The van der Waals surface area contributed by atoms with Gasteiger partial charge in [0, 0.05) is 12.7 Å². The Morgan fingerprint density at radius 2 is 2.17 bits per heavy atom. The third kappa shape index (κ3) is 3.53. The number of rotatable bonds is 5. The lowest BCUT2D eigenvalue weighted by atomic mass is 9.85. The van der Waals surface area contributed by atoms with E-state index in [4.69, 9.17) is 4.74 Å². The molecule has 0 fully saturated rings. The number of ether oxygens (including phenoxy) is 1. The highest BCUT2D eigenvalue weighted by molar-refractivity contribution is 5.08. The largest absolute Gasteiger partial charge is 0.476 e. The van der Waals surface area contributed by atoms with E-state index in [1.54, 1.807) is 12.4 Å². The molecule has 4 heteroatoms. The van der Waals surface area contributed by atoms with Crippen LogP contribution in [0.3, 0.4) is 0 Å². The van der Waals surface area contributed by atoms with E-state index in [9.17, 15) is 0 Å². The molecule has 0 saturated heterocycles. The smallest absolute Gasteiger partial charge is 0.232 e. The van der Waals surface area contributed by atoms with Crippen LogP contribution < -0.4 is 10.1 Å². The Bertz CT molecular complexity index is 406. The molecule has 0 radical (unpaired) electrons. The van der Waals surface area contributed by atoms with Gasteiger partial charge in [-0.05, 0) is 31.7 Å². The molecule has 1 aliphatic rings. The highest BCUT2D eigenvalue weighted by Gasteiger charge is 2.19. The van der Waals surface area contributed by atoms with Crippen molar-refractivity contribution in [1.29, 1.82) is 0 Å². The second kappa shape index (κ2) is 6.50. The molecule has 1 heterocycles. The van der Waals surface area contributed by atoms with Gasteiger partial charge in [-0.3, -0.25) is 4.98 Å². The minimum absolute atomic E-state index is 0.588. The molecule has 98 valence electrons. The zero-order valence-electron chi connectivity index (χ0n) is 11.1. The summed E-state index contributed by atoms with van der Waals surface area (Å²) in [5.41, 5.74) is 0.909. The van der Waals surface area contributed by atoms with Gasteiger partial charge in [-0.1, -0.05) is 19.1 Å². The summed E-state index contributed by atoms with van der Waals surface area (Å²) in [6, 6.07) is 0. The fraction of sp³-hybridized carbons (Fsp3) is 0.571. The summed E-state index contributed by atoms with van der Waals surface area (Å²) in [5, 5.41) is 3.06. The molecule has 0 aliphatic heterocycles. The quantitative estimate of drug-likeness (QED) is 0.810. The van der Waals surface area contributed by atoms with E-state index in [-0.39, 0.29) is 0 Å². The van der Waals surface area contributed by atoms with Crippen molar-refractivity contribution < 1.29 is 4.74 Å². The van der Waals surface area contributed by atoms with Gasteiger partial charge >= 0.3 is 0 Å². The third-order valence-corrected chi connectivity index (χ3v) is 3.38. The van der Waals surface area contributed by atoms with E-state index in [1.807, 2.05) is 7.05 Å². The Labute approximate surface area is 108 Å². The summed E-state index contributed by atoms with van der Waals surface area (Å²) < 4.78 is 5.77. The van der Waals surface area contributed by atoms with Crippen LogP contribution in [0.1, 0.15) is 25.5 Å². The zero-order valence-corrected chi connectivity index (χ0v) is 11.1. The zero-order chi connectivity index (χ0) is 12.8. The monoisotopic (exact) mass is 247 g/mol. The standard InChI is InChI=1S/C14H21N3O/c1-11-5-3-4-6-12(11)10-18-14-9-16-8-13(17-14)7-15-2/h3-4,8-9,11-12,15H,5-7,10H2,1-2H3. The minimum atomic E-state index is 0.588. The molecule has 2 unspecified atom stereocenters. The van der Waals surface area contributed by atoms with Crippen LogP contribution in [-0.2, 0) is 6.54 Å². The molecule has 1 aromatic heterocycles. The van der Waals surface area contributed by atoms with E-state index in [0.29, 0.717) is 24.3 Å². The van der Waals surface area contributed by atoms with Crippen molar-refractivity contribution in [1.82, 2.24) is 15.3 Å². The highest BCUT2D eigenvalue weighted by atomic mass is 16.5. The molecule has 4 nitrogen and oxygen atoms in total. The van der Waals surface area contributed by atoms with E-state index < -0.39 is 0 Å². The first-order valence-electron chi connectivity index (χ1n) is 6.53. The summed E-state index contributed by atoms with van der Waals surface area (Å²) in [4.78, 5) is 8.55. The number of nitrogens with zero attached hydrogens (tertiary/aromatic N) is 2. The molecule has 0 aromatic carbocycles. The minimum Gasteiger partial charge on any atom is -0.476 e. The van der Waals surface area contributed by atoms with E-state index in [2.05, 4.69) is 34.4 Å². The predicted octanol–water partition coefficient (Wildman–Crippen LogP) is 2.18. The highest BCUT2D eigenvalue weighted by Crippen LogP contribution is 2.25. The van der Waals surface area contributed by atoms with Crippen molar-refractivity contribution in [2.75, 3.05) is 13.7 Å². The fourth-order valence-electron chi connectivity index (χ4n) is 2.15. The van der Waals surface area contributed by atoms with Gasteiger partial charge in [0.25, 0.3) is 0 Å². The van der Waals surface area contributed by atoms with Gasteiger partial charge < -0.3 is 10.1 Å². The van der Waals surface area contributed by atoms with E-state index in [1.165, 1.54) is 0 Å². The first-order valence-corrected chi connectivity index (χ1v) is 6.53. The van der Waals surface area contributed by atoms with Gasteiger partial charge in [-0.25, -0.2) is 4.98 Å². The van der Waals surface area contributed by atoms with Crippen LogP contribution in [0.25, 0.3) is 0 Å². The first-order chi connectivity index (χ1) is 8.79. The van der Waals surface area contributed by atoms with Crippen LogP contribution in [0.4, 0.5) is 0 Å². The molecule has 2 atom stereocenters. The van der Waals surface area contributed by atoms with Crippen LogP contribution >= 0.6 is 0 Å². The van der Waals surface area contributed by atoms with E-state index >= 15 is 0 Å². The van der Waals surface area contributed by atoms with Crippen LogP contribution in [0.15, 0.2) is 24.5 Å². The maximum atomic E-state index is 5.77.